The number of rotatable bonds is 9. The number of aryl methyl sites for hydroxylation is 1. The lowest BCUT2D eigenvalue weighted by molar-refractivity contribution is 0.354. The molecule has 2 rings (SSSR count). The number of ether oxygens (including phenoxy) is 2. The summed E-state index contributed by atoms with van der Waals surface area (Å²) in [5, 5.41) is 6.52. The lowest BCUT2D eigenvalue weighted by atomic mass is 10.1. The van der Waals surface area contributed by atoms with Gasteiger partial charge in [0.25, 0.3) is 0 Å². The Morgan fingerprint density at radius 2 is 1.79 bits per heavy atom. The molecule has 0 saturated carbocycles. The number of nitrogens with one attached hydrogen (secondary N) is 2. The monoisotopic (exact) mass is 501 g/mol. The summed E-state index contributed by atoms with van der Waals surface area (Å²) in [6.07, 6.45) is 1.86. The normalized spacial score (nSPS) is 10.8. The second kappa shape index (κ2) is 13.2. The predicted molar refractivity (Wildman–Crippen MR) is 123 cm³/mol. The van der Waals surface area contributed by atoms with Crippen molar-refractivity contribution < 1.29 is 13.9 Å². The summed E-state index contributed by atoms with van der Waals surface area (Å²) < 4.78 is 23.9. The van der Waals surface area contributed by atoms with Crippen LogP contribution in [0.15, 0.2) is 47.5 Å². The fourth-order valence-corrected chi connectivity index (χ4v) is 2.68. The van der Waals surface area contributed by atoms with Gasteiger partial charge in [0.05, 0.1) is 20.8 Å². The molecule has 28 heavy (non-hydrogen) atoms. The van der Waals surface area contributed by atoms with Crippen molar-refractivity contribution in [2.45, 2.75) is 26.3 Å². The van der Waals surface area contributed by atoms with E-state index >= 15 is 0 Å². The van der Waals surface area contributed by atoms with E-state index in [9.17, 15) is 4.39 Å². The molecule has 0 atom stereocenters. The van der Waals surface area contributed by atoms with E-state index < -0.39 is 0 Å². The fourth-order valence-electron chi connectivity index (χ4n) is 2.68. The number of benzene rings is 2. The third-order valence-corrected chi connectivity index (χ3v) is 4.04. The average molecular weight is 501 g/mol. The SMILES string of the molecule is CCNC(=NCc1cccc(F)c1)NCCCc1ccc(OC)c(OC)c1.I. The van der Waals surface area contributed by atoms with Gasteiger partial charge in [0, 0.05) is 13.1 Å². The van der Waals surface area contributed by atoms with Crippen LogP contribution >= 0.6 is 24.0 Å². The van der Waals surface area contributed by atoms with E-state index in [2.05, 4.69) is 15.6 Å². The maximum absolute atomic E-state index is 13.3. The minimum atomic E-state index is -0.240. The number of halogens is 2. The molecule has 0 bridgehead atoms. The Hall–Kier alpha value is -2.03. The second-order valence-electron chi connectivity index (χ2n) is 6.04. The molecule has 2 aromatic carbocycles. The van der Waals surface area contributed by atoms with Crippen molar-refractivity contribution in [3.8, 4) is 11.5 Å². The van der Waals surface area contributed by atoms with Crippen LogP contribution in [0, 0.1) is 5.82 Å². The third kappa shape index (κ3) is 7.92. The Kier molecular flexibility index (Phi) is 11.3. The molecule has 0 heterocycles. The average Bonchev–Trinajstić information content (AvgIpc) is 2.69. The Bertz CT molecular complexity index is 756. The first-order valence-corrected chi connectivity index (χ1v) is 9.13. The minimum Gasteiger partial charge on any atom is -0.493 e. The molecule has 154 valence electrons. The van der Waals surface area contributed by atoms with E-state index in [0.717, 1.165) is 49.0 Å². The molecular weight excluding hydrogens is 472 g/mol. The van der Waals surface area contributed by atoms with Crippen LogP contribution in [0.5, 0.6) is 11.5 Å². The molecule has 7 heteroatoms. The smallest absolute Gasteiger partial charge is 0.191 e. The van der Waals surface area contributed by atoms with E-state index in [0.29, 0.717) is 6.54 Å². The quantitative estimate of drug-likeness (QED) is 0.235. The van der Waals surface area contributed by atoms with Crippen molar-refractivity contribution >= 4 is 29.9 Å². The summed E-state index contributed by atoms with van der Waals surface area (Å²) in [5.41, 5.74) is 2.04. The van der Waals surface area contributed by atoms with Gasteiger partial charge in [-0.3, -0.25) is 0 Å². The third-order valence-electron chi connectivity index (χ3n) is 4.04. The van der Waals surface area contributed by atoms with Gasteiger partial charge in [0.15, 0.2) is 17.5 Å². The Labute approximate surface area is 183 Å². The summed E-state index contributed by atoms with van der Waals surface area (Å²) in [5.74, 6) is 1.97. The molecule has 2 N–H and O–H groups in total. The fraction of sp³-hybridized carbons (Fsp3) is 0.381. The van der Waals surface area contributed by atoms with Crippen molar-refractivity contribution in [1.82, 2.24) is 10.6 Å². The lowest BCUT2D eigenvalue weighted by Gasteiger charge is -2.12. The van der Waals surface area contributed by atoms with Crippen LogP contribution < -0.4 is 20.1 Å². The maximum atomic E-state index is 13.3. The molecule has 0 radical (unpaired) electrons. The highest BCUT2D eigenvalue weighted by Gasteiger charge is 2.05. The topological polar surface area (TPSA) is 54.9 Å². The van der Waals surface area contributed by atoms with E-state index in [4.69, 9.17) is 9.47 Å². The summed E-state index contributed by atoms with van der Waals surface area (Å²) >= 11 is 0. The molecule has 2 aromatic rings. The number of guanidine groups is 1. The van der Waals surface area contributed by atoms with Gasteiger partial charge in [0.2, 0.25) is 0 Å². The van der Waals surface area contributed by atoms with Crippen molar-refractivity contribution in [3.63, 3.8) is 0 Å². The van der Waals surface area contributed by atoms with Gasteiger partial charge in [0.1, 0.15) is 5.82 Å². The Balaban J connectivity index is 0.00000392. The zero-order valence-corrected chi connectivity index (χ0v) is 19.0. The first-order valence-electron chi connectivity index (χ1n) is 9.13. The number of hydrogen-bond donors (Lipinski definition) is 2. The first kappa shape index (κ1) is 24.0. The van der Waals surface area contributed by atoms with Crippen LogP contribution in [0.2, 0.25) is 0 Å². The van der Waals surface area contributed by atoms with E-state index in [1.807, 2.05) is 31.2 Å². The number of hydrogen-bond acceptors (Lipinski definition) is 3. The van der Waals surface area contributed by atoms with Crippen molar-refractivity contribution in [2.75, 3.05) is 27.3 Å². The van der Waals surface area contributed by atoms with Crippen molar-refractivity contribution in [2.24, 2.45) is 4.99 Å². The van der Waals surface area contributed by atoms with Gasteiger partial charge in [-0.25, -0.2) is 9.38 Å². The molecule has 0 fully saturated rings. The maximum Gasteiger partial charge on any atom is 0.191 e. The summed E-state index contributed by atoms with van der Waals surface area (Å²) in [6, 6.07) is 12.5. The van der Waals surface area contributed by atoms with Gasteiger partial charge in [-0.2, -0.15) is 0 Å². The van der Waals surface area contributed by atoms with Gasteiger partial charge in [-0.05, 0) is 55.2 Å². The molecule has 5 nitrogen and oxygen atoms in total. The largest absolute Gasteiger partial charge is 0.493 e. The van der Waals surface area contributed by atoms with Gasteiger partial charge < -0.3 is 20.1 Å². The highest BCUT2D eigenvalue weighted by atomic mass is 127. The Morgan fingerprint density at radius 1 is 1.00 bits per heavy atom. The predicted octanol–water partition coefficient (Wildman–Crippen LogP) is 4.15. The molecule has 0 saturated heterocycles. The Morgan fingerprint density at radius 3 is 2.46 bits per heavy atom. The molecule has 0 aliphatic carbocycles. The lowest BCUT2D eigenvalue weighted by Crippen LogP contribution is -2.37. The standard InChI is InChI=1S/C21H28FN3O2.HI/c1-4-23-21(25-15-17-7-5-9-18(22)13-17)24-12-6-8-16-10-11-19(26-2)20(14-16)27-3;/h5,7,9-11,13-14H,4,6,8,12,15H2,1-3H3,(H2,23,24,25);1H. The molecule has 0 spiro atoms. The van der Waals surface area contributed by atoms with Crippen LogP contribution in [0.1, 0.15) is 24.5 Å². The number of nitrogens with zero attached hydrogens (tertiary/aromatic N) is 1. The van der Waals surface area contributed by atoms with Crippen LogP contribution in [0.25, 0.3) is 0 Å². The summed E-state index contributed by atoms with van der Waals surface area (Å²) in [4.78, 5) is 4.51. The minimum absolute atomic E-state index is 0. The molecule has 0 amide bonds. The highest BCUT2D eigenvalue weighted by molar-refractivity contribution is 14.0. The molecule has 0 unspecified atom stereocenters. The molecule has 0 aliphatic rings. The van der Waals surface area contributed by atoms with Gasteiger partial charge in [-0.15, -0.1) is 24.0 Å². The van der Waals surface area contributed by atoms with E-state index in [1.54, 1.807) is 20.3 Å². The van der Waals surface area contributed by atoms with Crippen LogP contribution in [0.4, 0.5) is 4.39 Å². The number of aliphatic imine (C=N–C) groups is 1. The van der Waals surface area contributed by atoms with E-state index in [-0.39, 0.29) is 29.8 Å². The molecule has 0 aliphatic heterocycles. The van der Waals surface area contributed by atoms with Crippen LogP contribution in [-0.4, -0.2) is 33.3 Å². The zero-order valence-electron chi connectivity index (χ0n) is 16.6. The van der Waals surface area contributed by atoms with Crippen LogP contribution in [0.3, 0.4) is 0 Å². The molecular formula is C21H29FIN3O2. The van der Waals surface area contributed by atoms with Crippen LogP contribution in [-0.2, 0) is 13.0 Å². The van der Waals surface area contributed by atoms with E-state index in [1.165, 1.54) is 17.7 Å². The summed E-state index contributed by atoms with van der Waals surface area (Å²) in [7, 11) is 3.27. The van der Waals surface area contributed by atoms with Gasteiger partial charge >= 0.3 is 0 Å². The van der Waals surface area contributed by atoms with Crippen molar-refractivity contribution in [1.29, 1.82) is 0 Å². The second-order valence-corrected chi connectivity index (χ2v) is 6.04. The number of methoxy groups -OCH3 is 2. The zero-order chi connectivity index (χ0) is 19.5. The van der Waals surface area contributed by atoms with Gasteiger partial charge in [-0.1, -0.05) is 18.2 Å². The highest BCUT2D eigenvalue weighted by Crippen LogP contribution is 2.27. The first-order chi connectivity index (χ1) is 13.2. The molecule has 0 aromatic heterocycles. The van der Waals surface area contributed by atoms with Crippen molar-refractivity contribution in [3.05, 3.63) is 59.4 Å². The summed E-state index contributed by atoms with van der Waals surface area (Å²) in [6.45, 7) is 4.00.